The maximum atomic E-state index is 12.5. The molecule has 4 heterocycles. The van der Waals surface area contributed by atoms with Crippen LogP contribution in [0.2, 0.25) is 0 Å². The number of piperazine rings is 1. The minimum Gasteiger partial charge on any atom is -0.444 e. The van der Waals surface area contributed by atoms with Crippen molar-refractivity contribution in [3.63, 3.8) is 0 Å². The molecule has 1 aliphatic carbocycles. The molecule has 1 saturated heterocycles. The Balaban J connectivity index is 1.32. The van der Waals surface area contributed by atoms with Crippen molar-refractivity contribution in [1.82, 2.24) is 29.2 Å². The lowest BCUT2D eigenvalue weighted by Crippen LogP contribution is -2.50. The highest BCUT2D eigenvalue weighted by Crippen LogP contribution is 2.32. The Morgan fingerprint density at radius 2 is 1.97 bits per heavy atom. The zero-order valence-corrected chi connectivity index (χ0v) is 22.1. The van der Waals surface area contributed by atoms with Crippen LogP contribution in [-0.4, -0.2) is 74.1 Å². The topological polar surface area (TPSA) is 79.1 Å². The van der Waals surface area contributed by atoms with E-state index in [1.54, 1.807) is 4.90 Å². The predicted octanol–water partition coefficient (Wildman–Crippen LogP) is 4.00. The Bertz CT molecular complexity index is 1240. The van der Waals surface area contributed by atoms with E-state index >= 15 is 0 Å². The Hall–Kier alpha value is -3.20. The average Bonchev–Trinajstić information content (AvgIpc) is 3.24. The second-order valence-corrected chi connectivity index (χ2v) is 11.0. The number of pyridine rings is 1. The van der Waals surface area contributed by atoms with Gasteiger partial charge in [-0.15, -0.1) is 0 Å². The fraction of sp³-hybridized carbons (Fsp3) is 0.556. The van der Waals surface area contributed by atoms with E-state index in [9.17, 15) is 4.79 Å². The minimum absolute atomic E-state index is 0.253. The van der Waals surface area contributed by atoms with Gasteiger partial charge < -0.3 is 14.5 Å². The summed E-state index contributed by atoms with van der Waals surface area (Å²) < 4.78 is 7.64. The summed E-state index contributed by atoms with van der Waals surface area (Å²) in [5, 5.41) is 0. The summed E-state index contributed by atoms with van der Waals surface area (Å²) in [5.74, 6) is 0.875. The molecule has 9 heteroatoms. The molecule has 1 fully saturated rings. The first-order valence-electron chi connectivity index (χ1n) is 12.9. The van der Waals surface area contributed by atoms with Gasteiger partial charge in [-0.1, -0.05) is 6.07 Å². The molecule has 0 aromatic carbocycles. The molecule has 2 aliphatic rings. The first-order valence-corrected chi connectivity index (χ1v) is 12.9. The number of aryl methyl sites for hydroxylation is 2. The molecule has 192 valence electrons. The van der Waals surface area contributed by atoms with Crippen LogP contribution in [0, 0.1) is 6.92 Å². The number of hydrogen-bond acceptors (Lipinski definition) is 7. The van der Waals surface area contributed by atoms with Crippen molar-refractivity contribution in [3.05, 3.63) is 53.2 Å². The molecule has 3 aromatic heterocycles. The third-order valence-electron chi connectivity index (χ3n) is 6.94. The molecular weight excluding hydrogens is 454 g/mol. The van der Waals surface area contributed by atoms with E-state index in [0.29, 0.717) is 32.2 Å². The normalized spacial score (nSPS) is 18.6. The summed E-state index contributed by atoms with van der Waals surface area (Å²) in [4.78, 5) is 33.4. The van der Waals surface area contributed by atoms with E-state index in [1.807, 2.05) is 46.0 Å². The van der Waals surface area contributed by atoms with E-state index in [1.165, 1.54) is 17.7 Å². The van der Waals surface area contributed by atoms with Gasteiger partial charge in [0.2, 0.25) is 5.95 Å². The van der Waals surface area contributed by atoms with Gasteiger partial charge in [-0.05, 0) is 65.6 Å². The lowest BCUT2D eigenvalue weighted by molar-refractivity contribution is 0.0240. The zero-order valence-electron chi connectivity index (χ0n) is 22.1. The van der Waals surface area contributed by atoms with Crippen molar-refractivity contribution >= 4 is 17.7 Å². The number of nitrogens with zero attached hydrogens (tertiary/aromatic N) is 7. The van der Waals surface area contributed by atoms with Gasteiger partial charge in [-0.3, -0.25) is 14.3 Å². The van der Waals surface area contributed by atoms with Crippen molar-refractivity contribution in [2.75, 3.05) is 38.1 Å². The quantitative estimate of drug-likeness (QED) is 0.546. The van der Waals surface area contributed by atoms with Gasteiger partial charge in [0.15, 0.2) is 0 Å². The molecule has 3 aromatic rings. The van der Waals surface area contributed by atoms with Crippen LogP contribution in [0.1, 0.15) is 62.3 Å². The van der Waals surface area contributed by atoms with Crippen molar-refractivity contribution in [2.45, 2.75) is 65.1 Å². The number of imidazole rings is 1. The van der Waals surface area contributed by atoms with Crippen LogP contribution >= 0.6 is 0 Å². The molecule has 0 radical (unpaired) electrons. The van der Waals surface area contributed by atoms with E-state index in [-0.39, 0.29) is 6.09 Å². The van der Waals surface area contributed by atoms with Crippen LogP contribution in [0.4, 0.5) is 10.7 Å². The second kappa shape index (κ2) is 9.69. The lowest BCUT2D eigenvalue weighted by atomic mass is 9.91. The van der Waals surface area contributed by atoms with E-state index < -0.39 is 5.60 Å². The molecule has 0 bridgehead atoms. The molecule has 1 aliphatic heterocycles. The molecule has 9 nitrogen and oxygen atoms in total. The maximum Gasteiger partial charge on any atom is 0.410 e. The van der Waals surface area contributed by atoms with Gasteiger partial charge in [0.1, 0.15) is 11.2 Å². The Kier molecular flexibility index (Phi) is 6.59. The number of ether oxygens (including phenoxy) is 1. The van der Waals surface area contributed by atoms with Crippen LogP contribution in [0.5, 0.6) is 0 Å². The number of anilines is 1. The summed E-state index contributed by atoms with van der Waals surface area (Å²) >= 11 is 0. The fourth-order valence-electron chi connectivity index (χ4n) is 5.23. The SMILES string of the molecule is Cc1cc2nc(CN(C)[C@H]3CCCc4cccnc43)cn2c(N2CCN(C(=O)OC(C)(C)C)CC2)n1. The largest absolute Gasteiger partial charge is 0.444 e. The van der Waals surface area contributed by atoms with Gasteiger partial charge in [0.05, 0.1) is 17.4 Å². The van der Waals surface area contributed by atoms with Crippen LogP contribution in [0.15, 0.2) is 30.6 Å². The summed E-state index contributed by atoms with van der Waals surface area (Å²) in [5.41, 5.74) is 4.93. The molecule has 0 spiro atoms. The van der Waals surface area contributed by atoms with E-state index in [4.69, 9.17) is 19.7 Å². The molecule has 1 amide bonds. The van der Waals surface area contributed by atoms with Crippen molar-refractivity contribution in [2.24, 2.45) is 0 Å². The van der Waals surface area contributed by atoms with Crippen LogP contribution in [0.25, 0.3) is 5.65 Å². The third kappa shape index (κ3) is 5.16. The zero-order chi connectivity index (χ0) is 25.4. The fourth-order valence-corrected chi connectivity index (χ4v) is 5.23. The van der Waals surface area contributed by atoms with Gasteiger partial charge in [-0.25, -0.2) is 14.8 Å². The van der Waals surface area contributed by atoms with Gasteiger partial charge >= 0.3 is 6.09 Å². The number of rotatable bonds is 4. The highest BCUT2D eigenvalue weighted by Gasteiger charge is 2.28. The Morgan fingerprint density at radius 1 is 1.19 bits per heavy atom. The number of hydrogen-bond donors (Lipinski definition) is 0. The summed E-state index contributed by atoms with van der Waals surface area (Å²) in [7, 11) is 2.17. The monoisotopic (exact) mass is 491 g/mol. The molecule has 0 N–H and O–H groups in total. The maximum absolute atomic E-state index is 12.5. The average molecular weight is 492 g/mol. The highest BCUT2D eigenvalue weighted by atomic mass is 16.6. The number of carbonyl (C=O) groups is 1. The predicted molar refractivity (Wildman–Crippen MR) is 139 cm³/mol. The molecule has 36 heavy (non-hydrogen) atoms. The summed E-state index contributed by atoms with van der Waals surface area (Å²) in [6.07, 6.45) is 7.16. The Morgan fingerprint density at radius 3 is 2.72 bits per heavy atom. The van der Waals surface area contributed by atoms with Gasteiger partial charge in [-0.2, -0.15) is 0 Å². The van der Waals surface area contributed by atoms with Crippen LogP contribution in [-0.2, 0) is 17.7 Å². The van der Waals surface area contributed by atoms with Crippen molar-refractivity contribution in [3.8, 4) is 0 Å². The van der Waals surface area contributed by atoms with Crippen molar-refractivity contribution in [1.29, 1.82) is 0 Å². The lowest BCUT2D eigenvalue weighted by Gasteiger charge is -2.36. The number of aromatic nitrogens is 4. The molecular formula is C27H37N7O2. The highest BCUT2D eigenvalue weighted by molar-refractivity contribution is 5.68. The molecule has 0 unspecified atom stereocenters. The van der Waals surface area contributed by atoms with Gasteiger partial charge in [0.25, 0.3) is 0 Å². The number of fused-ring (bicyclic) bond motifs is 2. The molecule has 1 atom stereocenters. The number of carbonyl (C=O) groups excluding carboxylic acids is 1. The van der Waals surface area contributed by atoms with E-state index in [2.05, 4.69) is 33.5 Å². The van der Waals surface area contributed by atoms with Gasteiger partial charge in [0, 0.05) is 56.9 Å². The first kappa shape index (κ1) is 24.5. The minimum atomic E-state index is -0.491. The van der Waals surface area contributed by atoms with Crippen LogP contribution in [0.3, 0.4) is 0 Å². The Labute approximate surface area is 213 Å². The summed E-state index contributed by atoms with van der Waals surface area (Å²) in [6.45, 7) is 11.0. The molecule has 5 rings (SSSR count). The molecule has 0 saturated carbocycles. The standard InChI is InChI=1S/C27H37N7O2/c1-19-16-23-30-21(17-31(5)22-10-6-8-20-9-7-11-28-24(20)22)18-34(23)25(29-19)32-12-14-33(15-13-32)26(35)36-27(2,3)4/h7,9,11,16,18,22H,6,8,10,12-15,17H2,1-5H3/t22-/m0/s1. The first-order chi connectivity index (χ1) is 17.2. The smallest absolute Gasteiger partial charge is 0.410 e. The number of amides is 1. The second-order valence-electron chi connectivity index (χ2n) is 11.0. The summed E-state index contributed by atoms with van der Waals surface area (Å²) in [6, 6.07) is 6.57. The third-order valence-corrected chi connectivity index (χ3v) is 6.94. The van der Waals surface area contributed by atoms with E-state index in [0.717, 1.165) is 42.4 Å². The van der Waals surface area contributed by atoms with Crippen LogP contribution < -0.4 is 4.90 Å². The van der Waals surface area contributed by atoms with Crippen molar-refractivity contribution < 1.29 is 9.53 Å².